The minimum atomic E-state index is -0.0663. The van der Waals surface area contributed by atoms with Crippen LogP contribution in [0.25, 0.3) is 0 Å². The number of amides is 2. The quantitative estimate of drug-likeness (QED) is 0.536. The number of nitrogens with zero attached hydrogens (tertiary/aromatic N) is 1. The van der Waals surface area contributed by atoms with Gasteiger partial charge in [-0.2, -0.15) is 0 Å². The Labute approximate surface area is 194 Å². The van der Waals surface area contributed by atoms with Crippen molar-refractivity contribution in [3.8, 4) is 11.5 Å². The molecule has 6 nitrogen and oxygen atoms in total. The predicted octanol–water partition coefficient (Wildman–Crippen LogP) is 4.26. The van der Waals surface area contributed by atoms with E-state index in [1.807, 2.05) is 72.8 Å². The highest BCUT2D eigenvalue weighted by molar-refractivity contribution is 5.95. The minimum absolute atomic E-state index is 0.0663. The molecule has 3 aromatic rings. The second kappa shape index (κ2) is 10.7. The Morgan fingerprint density at radius 2 is 1.70 bits per heavy atom. The third-order valence-corrected chi connectivity index (χ3v) is 5.64. The molecular weight excluding hydrogens is 416 g/mol. The highest BCUT2D eigenvalue weighted by Gasteiger charge is 2.21. The van der Waals surface area contributed by atoms with Gasteiger partial charge in [0.1, 0.15) is 6.61 Å². The van der Waals surface area contributed by atoms with Gasteiger partial charge in [-0.1, -0.05) is 48.5 Å². The van der Waals surface area contributed by atoms with Crippen molar-refractivity contribution < 1.29 is 19.1 Å². The maximum absolute atomic E-state index is 12.4. The normalized spacial score (nSPS) is 13.1. The van der Waals surface area contributed by atoms with Gasteiger partial charge in [0.05, 0.1) is 13.5 Å². The van der Waals surface area contributed by atoms with E-state index in [0.717, 1.165) is 35.3 Å². The predicted molar refractivity (Wildman–Crippen MR) is 127 cm³/mol. The number of methoxy groups -OCH3 is 1. The summed E-state index contributed by atoms with van der Waals surface area (Å²) in [5.74, 6) is 1.38. The van der Waals surface area contributed by atoms with Gasteiger partial charge in [-0.15, -0.1) is 0 Å². The molecule has 0 radical (unpaired) electrons. The number of nitrogens with one attached hydrogen (secondary N) is 1. The molecule has 3 aromatic carbocycles. The zero-order valence-electron chi connectivity index (χ0n) is 18.8. The Bertz CT molecular complexity index is 1100. The molecule has 1 saturated heterocycles. The Kier molecular flexibility index (Phi) is 7.25. The van der Waals surface area contributed by atoms with Crippen molar-refractivity contribution >= 4 is 17.5 Å². The maximum Gasteiger partial charge on any atom is 0.227 e. The molecule has 0 unspecified atom stereocenters. The van der Waals surface area contributed by atoms with Crippen molar-refractivity contribution in [3.63, 3.8) is 0 Å². The number of rotatable bonds is 9. The lowest BCUT2D eigenvalue weighted by atomic mass is 10.1. The number of carbonyl (C=O) groups is 2. The lowest BCUT2D eigenvalue weighted by Gasteiger charge is -2.16. The van der Waals surface area contributed by atoms with Crippen molar-refractivity contribution in [2.45, 2.75) is 32.4 Å². The van der Waals surface area contributed by atoms with E-state index in [1.165, 1.54) is 0 Å². The van der Waals surface area contributed by atoms with Gasteiger partial charge in [0.25, 0.3) is 0 Å². The highest BCUT2D eigenvalue weighted by Crippen LogP contribution is 2.29. The summed E-state index contributed by atoms with van der Waals surface area (Å²) in [6, 6.07) is 23.2. The van der Waals surface area contributed by atoms with Crippen LogP contribution in [-0.2, 0) is 29.2 Å². The van der Waals surface area contributed by atoms with Gasteiger partial charge in [0.2, 0.25) is 11.8 Å². The molecule has 1 aliphatic rings. The zero-order chi connectivity index (χ0) is 23.0. The van der Waals surface area contributed by atoms with E-state index >= 15 is 0 Å². The molecule has 0 atom stereocenters. The molecule has 1 aliphatic heterocycles. The summed E-state index contributed by atoms with van der Waals surface area (Å²) in [5.41, 5.74) is 3.81. The fourth-order valence-corrected chi connectivity index (χ4v) is 3.84. The van der Waals surface area contributed by atoms with E-state index in [9.17, 15) is 9.59 Å². The summed E-state index contributed by atoms with van der Waals surface area (Å²) in [5, 5.41) is 2.95. The molecule has 6 heteroatoms. The van der Waals surface area contributed by atoms with E-state index in [1.54, 1.807) is 12.0 Å². The van der Waals surface area contributed by atoms with E-state index in [2.05, 4.69) is 5.32 Å². The molecule has 170 valence electrons. The molecule has 2 amide bonds. The van der Waals surface area contributed by atoms with Crippen LogP contribution in [0, 0.1) is 0 Å². The van der Waals surface area contributed by atoms with Crippen LogP contribution in [0.1, 0.15) is 29.5 Å². The first-order chi connectivity index (χ1) is 16.1. The fourth-order valence-electron chi connectivity index (χ4n) is 3.84. The molecule has 0 spiro atoms. The van der Waals surface area contributed by atoms with Gasteiger partial charge in [-0.05, 0) is 47.4 Å². The number of hydrogen-bond acceptors (Lipinski definition) is 4. The van der Waals surface area contributed by atoms with Crippen LogP contribution in [0.5, 0.6) is 11.5 Å². The summed E-state index contributed by atoms with van der Waals surface area (Å²) in [6.07, 6.45) is 1.78. The average molecular weight is 445 g/mol. The van der Waals surface area contributed by atoms with E-state index in [0.29, 0.717) is 31.1 Å². The van der Waals surface area contributed by atoms with E-state index < -0.39 is 0 Å². The van der Waals surface area contributed by atoms with Gasteiger partial charge >= 0.3 is 0 Å². The second-order valence-electron chi connectivity index (χ2n) is 8.03. The maximum atomic E-state index is 12.4. The Hall–Kier alpha value is -3.80. The van der Waals surface area contributed by atoms with E-state index in [-0.39, 0.29) is 18.2 Å². The summed E-state index contributed by atoms with van der Waals surface area (Å²) in [7, 11) is 1.60. The van der Waals surface area contributed by atoms with Crippen LogP contribution < -0.4 is 19.7 Å². The second-order valence-corrected chi connectivity index (χ2v) is 8.03. The zero-order valence-corrected chi connectivity index (χ0v) is 18.8. The van der Waals surface area contributed by atoms with Crippen LogP contribution in [0.3, 0.4) is 0 Å². The Morgan fingerprint density at radius 1 is 0.939 bits per heavy atom. The minimum Gasteiger partial charge on any atom is -0.493 e. The lowest BCUT2D eigenvalue weighted by Crippen LogP contribution is -2.25. The molecule has 33 heavy (non-hydrogen) atoms. The van der Waals surface area contributed by atoms with Crippen molar-refractivity contribution in [2.24, 2.45) is 0 Å². The smallest absolute Gasteiger partial charge is 0.227 e. The Morgan fingerprint density at radius 3 is 2.39 bits per heavy atom. The number of carbonyl (C=O) groups excluding carboxylic acids is 2. The number of hydrogen-bond donors (Lipinski definition) is 1. The van der Waals surface area contributed by atoms with Crippen molar-refractivity contribution in [2.75, 3.05) is 18.6 Å². The first-order valence-electron chi connectivity index (χ1n) is 11.1. The van der Waals surface area contributed by atoms with Crippen LogP contribution >= 0.6 is 0 Å². The van der Waals surface area contributed by atoms with Gasteiger partial charge in [-0.3, -0.25) is 9.59 Å². The monoisotopic (exact) mass is 444 g/mol. The summed E-state index contributed by atoms with van der Waals surface area (Å²) in [6.45, 7) is 1.62. The molecule has 1 fully saturated rings. The summed E-state index contributed by atoms with van der Waals surface area (Å²) < 4.78 is 11.4. The fraction of sp³-hybridized carbons (Fsp3) is 0.259. The highest BCUT2D eigenvalue weighted by atomic mass is 16.5. The third-order valence-electron chi connectivity index (χ3n) is 5.64. The van der Waals surface area contributed by atoms with Gasteiger partial charge in [0, 0.05) is 25.2 Å². The van der Waals surface area contributed by atoms with Crippen LogP contribution in [0.4, 0.5) is 5.69 Å². The molecule has 0 bridgehead atoms. The number of ether oxygens (including phenoxy) is 2. The summed E-state index contributed by atoms with van der Waals surface area (Å²) in [4.78, 5) is 26.1. The topological polar surface area (TPSA) is 67.9 Å². The van der Waals surface area contributed by atoms with Gasteiger partial charge in [0.15, 0.2) is 11.5 Å². The lowest BCUT2D eigenvalue weighted by molar-refractivity contribution is -0.120. The standard InChI is InChI=1S/C27H28N2O4/c1-32-25-16-22(11-14-24(25)33-19-21-6-3-2-4-7-21)18-28-26(30)17-20-9-12-23(13-10-20)29-15-5-8-27(29)31/h2-4,6-7,9-14,16H,5,8,15,17-19H2,1H3,(H,28,30). The molecule has 0 aromatic heterocycles. The van der Waals surface area contributed by atoms with Crippen LogP contribution in [0.15, 0.2) is 72.8 Å². The third kappa shape index (κ3) is 5.92. The molecule has 1 N–H and O–H groups in total. The Balaban J connectivity index is 1.29. The SMILES string of the molecule is COc1cc(CNC(=O)Cc2ccc(N3CCCC3=O)cc2)ccc1OCc1ccccc1. The van der Waals surface area contributed by atoms with Gasteiger partial charge < -0.3 is 19.7 Å². The van der Waals surface area contributed by atoms with E-state index in [4.69, 9.17) is 9.47 Å². The molecule has 0 aliphatic carbocycles. The largest absolute Gasteiger partial charge is 0.493 e. The molecular formula is C27H28N2O4. The van der Waals surface area contributed by atoms with Crippen LogP contribution in [-0.4, -0.2) is 25.5 Å². The average Bonchev–Trinajstić information content (AvgIpc) is 3.28. The molecule has 4 rings (SSSR count). The van der Waals surface area contributed by atoms with Crippen molar-refractivity contribution in [3.05, 3.63) is 89.5 Å². The number of benzene rings is 3. The molecule has 1 heterocycles. The van der Waals surface area contributed by atoms with Gasteiger partial charge in [-0.25, -0.2) is 0 Å². The van der Waals surface area contributed by atoms with Crippen LogP contribution in [0.2, 0.25) is 0 Å². The first-order valence-corrected chi connectivity index (χ1v) is 11.1. The van der Waals surface area contributed by atoms with Crippen molar-refractivity contribution in [1.29, 1.82) is 0 Å². The first kappa shape index (κ1) is 22.4. The van der Waals surface area contributed by atoms with Crippen molar-refractivity contribution in [1.82, 2.24) is 5.32 Å². The molecule has 0 saturated carbocycles. The summed E-state index contributed by atoms with van der Waals surface area (Å²) >= 11 is 0. The number of anilines is 1.